The summed E-state index contributed by atoms with van der Waals surface area (Å²) in [5.74, 6) is -0.146. The number of nitrogens with one attached hydrogen (secondary N) is 1. The lowest BCUT2D eigenvalue weighted by Crippen LogP contribution is -2.40. The van der Waals surface area contributed by atoms with Crippen LogP contribution in [0.3, 0.4) is 0 Å². The highest BCUT2D eigenvalue weighted by Crippen LogP contribution is 2.27. The lowest BCUT2D eigenvalue weighted by molar-refractivity contribution is -0.130. The van der Waals surface area contributed by atoms with Crippen LogP contribution >= 0.6 is 27.3 Å². The van der Waals surface area contributed by atoms with Gasteiger partial charge in [0.15, 0.2) is 5.13 Å². The number of thiazole rings is 1. The van der Waals surface area contributed by atoms with Crippen LogP contribution in [-0.2, 0) is 9.59 Å². The molecule has 2 amide bonds. The van der Waals surface area contributed by atoms with Crippen molar-refractivity contribution in [2.45, 2.75) is 19.8 Å². The average Bonchev–Trinajstić information content (AvgIpc) is 2.76. The number of hydrogen-bond acceptors (Lipinski definition) is 4. The third-order valence-corrected chi connectivity index (χ3v) is 5.24. The third-order valence-electron chi connectivity index (χ3n) is 3.32. The summed E-state index contributed by atoms with van der Waals surface area (Å²) in [5.41, 5.74) is 0. The van der Waals surface area contributed by atoms with E-state index in [1.807, 2.05) is 6.92 Å². The third kappa shape index (κ3) is 3.46. The van der Waals surface area contributed by atoms with Crippen molar-refractivity contribution < 1.29 is 9.59 Å². The number of carbonyl (C=O) groups excluding carboxylic acids is 2. The lowest BCUT2D eigenvalue weighted by atomic mass is 9.96. The molecule has 1 aromatic rings. The second-order valence-corrected chi connectivity index (χ2v) is 6.61. The molecule has 0 radical (unpaired) electrons. The highest BCUT2D eigenvalue weighted by Gasteiger charge is 2.27. The van der Waals surface area contributed by atoms with Crippen molar-refractivity contribution in [3.8, 4) is 0 Å². The second-order valence-electron chi connectivity index (χ2n) is 4.66. The second kappa shape index (κ2) is 6.49. The predicted octanol–water partition coefficient (Wildman–Crippen LogP) is 2.58. The molecule has 0 aliphatic carbocycles. The maximum Gasteiger partial charge on any atom is 0.245 e. The van der Waals surface area contributed by atoms with Crippen LogP contribution in [0.1, 0.15) is 17.7 Å². The van der Waals surface area contributed by atoms with Crippen molar-refractivity contribution in [2.24, 2.45) is 5.92 Å². The Morgan fingerprint density at radius 3 is 2.65 bits per heavy atom. The minimum Gasteiger partial charge on any atom is -0.339 e. The minimum atomic E-state index is -0.0664. The zero-order valence-corrected chi connectivity index (χ0v) is 13.6. The molecule has 2 heterocycles. The van der Waals surface area contributed by atoms with Crippen molar-refractivity contribution in [3.63, 3.8) is 0 Å². The number of carbonyl (C=O) groups is 2. The normalized spacial score (nSPS) is 16.0. The van der Waals surface area contributed by atoms with E-state index in [1.165, 1.54) is 17.4 Å². The predicted molar refractivity (Wildman–Crippen MR) is 82.7 cm³/mol. The first kappa shape index (κ1) is 15.2. The van der Waals surface area contributed by atoms with Crippen molar-refractivity contribution >= 4 is 44.2 Å². The van der Waals surface area contributed by atoms with E-state index in [4.69, 9.17) is 0 Å². The first-order valence-electron chi connectivity index (χ1n) is 6.36. The molecule has 1 N–H and O–H groups in total. The molecule has 2 rings (SSSR count). The summed E-state index contributed by atoms with van der Waals surface area (Å²) in [6.07, 6.45) is 2.67. The first-order valence-corrected chi connectivity index (χ1v) is 7.97. The highest BCUT2D eigenvalue weighted by molar-refractivity contribution is 9.10. The summed E-state index contributed by atoms with van der Waals surface area (Å²) in [7, 11) is 0. The number of nitrogens with zero attached hydrogens (tertiary/aromatic N) is 2. The molecule has 1 fully saturated rings. The van der Waals surface area contributed by atoms with E-state index in [0.717, 1.165) is 9.48 Å². The Bertz CT molecular complexity index is 516. The fourth-order valence-electron chi connectivity index (χ4n) is 2.13. The summed E-state index contributed by atoms with van der Waals surface area (Å²) < 4.78 is 0.768. The summed E-state index contributed by atoms with van der Waals surface area (Å²) in [6, 6.07) is 0. The fourth-order valence-corrected chi connectivity index (χ4v) is 3.38. The molecule has 0 spiro atoms. The van der Waals surface area contributed by atoms with E-state index in [0.29, 0.717) is 31.1 Å². The number of halogens is 1. The number of piperidine rings is 1. The quantitative estimate of drug-likeness (QED) is 0.845. The van der Waals surface area contributed by atoms with E-state index >= 15 is 0 Å². The van der Waals surface area contributed by atoms with E-state index in [1.54, 1.807) is 4.90 Å². The molecule has 1 aliphatic rings. The molecule has 5 nitrogen and oxygen atoms in total. The maximum atomic E-state index is 12.2. The molecule has 1 aliphatic heterocycles. The lowest BCUT2D eigenvalue weighted by Gasteiger charge is -2.30. The zero-order chi connectivity index (χ0) is 14.7. The van der Waals surface area contributed by atoms with Crippen LogP contribution < -0.4 is 5.32 Å². The number of likely N-dealkylation sites (tertiary alicyclic amines) is 1. The number of aromatic nitrogens is 1. The molecule has 0 saturated carbocycles. The molecule has 0 bridgehead atoms. The molecule has 0 aromatic carbocycles. The molecule has 20 heavy (non-hydrogen) atoms. The summed E-state index contributed by atoms with van der Waals surface area (Å²) in [6.45, 7) is 6.62. The van der Waals surface area contributed by atoms with Gasteiger partial charge in [-0.3, -0.25) is 9.59 Å². The van der Waals surface area contributed by atoms with Gasteiger partial charge in [-0.2, -0.15) is 0 Å². The standard InChI is InChI=1S/C13H16BrN3O2S/c1-3-10(18)17-6-4-9(5-7-17)12(19)16-13-15-11(14)8(2)20-13/h3,9H,1,4-7H2,2H3,(H,15,16,19). The number of aryl methyl sites for hydroxylation is 1. The van der Waals surface area contributed by atoms with E-state index in [2.05, 4.69) is 32.8 Å². The molecule has 1 saturated heterocycles. The van der Waals surface area contributed by atoms with Crippen LogP contribution in [0, 0.1) is 12.8 Å². The Labute approximate surface area is 130 Å². The topological polar surface area (TPSA) is 62.3 Å². The summed E-state index contributed by atoms with van der Waals surface area (Å²) >= 11 is 4.78. The van der Waals surface area contributed by atoms with Crippen molar-refractivity contribution in [1.29, 1.82) is 0 Å². The number of amides is 2. The summed E-state index contributed by atoms with van der Waals surface area (Å²) in [5, 5.41) is 3.46. The van der Waals surface area contributed by atoms with Crippen molar-refractivity contribution in [2.75, 3.05) is 18.4 Å². The monoisotopic (exact) mass is 357 g/mol. The molecular weight excluding hydrogens is 342 g/mol. The van der Waals surface area contributed by atoms with E-state index in [-0.39, 0.29) is 17.7 Å². The molecule has 0 unspecified atom stereocenters. The maximum absolute atomic E-state index is 12.2. The number of anilines is 1. The van der Waals surface area contributed by atoms with Gasteiger partial charge in [0.2, 0.25) is 11.8 Å². The number of rotatable bonds is 3. The van der Waals surface area contributed by atoms with Crippen molar-refractivity contribution in [3.05, 3.63) is 22.1 Å². The summed E-state index contributed by atoms with van der Waals surface area (Å²) in [4.78, 5) is 30.6. The molecule has 0 atom stereocenters. The van der Waals surface area contributed by atoms with Gasteiger partial charge in [-0.1, -0.05) is 6.58 Å². The van der Waals surface area contributed by atoms with Crippen LogP contribution in [0.5, 0.6) is 0 Å². The van der Waals surface area contributed by atoms with E-state index in [9.17, 15) is 9.59 Å². The highest BCUT2D eigenvalue weighted by atomic mass is 79.9. The van der Waals surface area contributed by atoms with Gasteiger partial charge in [0, 0.05) is 23.9 Å². The number of hydrogen-bond donors (Lipinski definition) is 1. The molecule has 7 heteroatoms. The van der Waals surface area contributed by atoms with Gasteiger partial charge in [0.05, 0.1) is 0 Å². The van der Waals surface area contributed by atoms with Crippen LogP contribution in [0.2, 0.25) is 0 Å². The van der Waals surface area contributed by atoms with Crippen LogP contribution in [-0.4, -0.2) is 34.8 Å². The van der Waals surface area contributed by atoms with Gasteiger partial charge in [-0.25, -0.2) is 4.98 Å². The van der Waals surface area contributed by atoms with Gasteiger partial charge in [0.25, 0.3) is 0 Å². The first-order chi connectivity index (χ1) is 9.51. The van der Waals surface area contributed by atoms with Crippen LogP contribution in [0.15, 0.2) is 17.3 Å². The Kier molecular flexibility index (Phi) is 4.93. The molecule has 1 aromatic heterocycles. The largest absolute Gasteiger partial charge is 0.339 e. The Morgan fingerprint density at radius 2 is 2.15 bits per heavy atom. The van der Waals surface area contributed by atoms with Gasteiger partial charge >= 0.3 is 0 Å². The fraction of sp³-hybridized carbons (Fsp3) is 0.462. The molecular formula is C13H16BrN3O2S. The van der Waals surface area contributed by atoms with Crippen molar-refractivity contribution in [1.82, 2.24) is 9.88 Å². The zero-order valence-electron chi connectivity index (χ0n) is 11.2. The molecule has 108 valence electrons. The van der Waals surface area contributed by atoms with Gasteiger partial charge in [-0.15, -0.1) is 11.3 Å². The van der Waals surface area contributed by atoms with Gasteiger partial charge < -0.3 is 10.2 Å². The van der Waals surface area contributed by atoms with Crippen LogP contribution in [0.25, 0.3) is 0 Å². The van der Waals surface area contributed by atoms with Gasteiger partial charge in [-0.05, 0) is 41.8 Å². The Hall–Kier alpha value is -1.21. The smallest absolute Gasteiger partial charge is 0.245 e. The Balaban J connectivity index is 1.88. The average molecular weight is 358 g/mol. The Morgan fingerprint density at radius 1 is 1.50 bits per heavy atom. The van der Waals surface area contributed by atoms with Crippen LogP contribution in [0.4, 0.5) is 5.13 Å². The minimum absolute atomic E-state index is 0.0167. The van der Waals surface area contributed by atoms with E-state index < -0.39 is 0 Å². The SMILES string of the molecule is C=CC(=O)N1CCC(C(=O)Nc2nc(Br)c(C)s2)CC1. The van der Waals surface area contributed by atoms with Gasteiger partial charge in [0.1, 0.15) is 4.60 Å².